The molecular formula is C17H22N4. The molecule has 4 nitrogen and oxygen atoms in total. The monoisotopic (exact) mass is 282 g/mol. The Morgan fingerprint density at radius 2 is 2.14 bits per heavy atom. The highest BCUT2D eigenvalue weighted by atomic mass is 15.1. The summed E-state index contributed by atoms with van der Waals surface area (Å²) in [5.41, 5.74) is 8.83. The van der Waals surface area contributed by atoms with Crippen molar-refractivity contribution in [3.63, 3.8) is 0 Å². The highest BCUT2D eigenvalue weighted by Crippen LogP contribution is 2.33. The number of nitrogens with zero attached hydrogens (tertiary/aromatic N) is 2. The molecule has 0 aliphatic carbocycles. The van der Waals surface area contributed by atoms with Gasteiger partial charge >= 0.3 is 0 Å². The van der Waals surface area contributed by atoms with Crippen molar-refractivity contribution in [2.75, 3.05) is 26.2 Å². The zero-order valence-corrected chi connectivity index (χ0v) is 12.3. The maximum atomic E-state index is 9.08. The van der Waals surface area contributed by atoms with E-state index in [0.29, 0.717) is 5.92 Å². The van der Waals surface area contributed by atoms with Gasteiger partial charge in [0.2, 0.25) is 0 Å². The van der Waals surface area contributed by atoms with Crippen molar-refractivity contribution in [2.45, 2.75) is 25.2 Å². The molecule has 0 radical (unpaired) electrons. The molecule has 21 heavy (non-hydrogen) atoms. The molecule has 1 aliphatic heterocycles. The molecule has 3 rings (SSSR count). The number of H-pyrrole nitrogens is 1. The lowest BCUT2D eigenvalue weighted by Crippen LogP contribution is -2.34. The Hall–Kier alpha value is -1.83. The summed E-state index contributed by atoms with van der Waals surface area (Å²) in [5.74, 6) is 0.599. The summed E-state index contributed by atoms with van der Waals surface area (Å²) in [7, 11) is 0. The van der Waals surface area contributed by atoms with Crippen LogP contribution in [-0.2, 0) is 0 Å². The molecule has 2 heterocycles. The van der Waals surface area contributed by atoms with E-state index in [-0.39, 0.29) is 0 Å². The zero-order chi connectivity index (χ0) is 14.7. The molecule has 1 saturated heterocycles. The summed E-state index contributed by atoms with van der Waals surface area (Å²) in [5, 5.41) is 10.3. The molecule has 110 valence electrons. The average Bonchev–Trinajstić information content (AvgIpc) is 2.96. The lowest BCUT2D eigenvalue weighted by Gasteiger charge is -2.31. The molecule has 4 heteroatoms. The minimum absolute atomic E-state index is 0.599. The van der Waals surface area contributed by atoms with Gasteiger partial charge in [-0.25, -0.2) is 0 Å². The first-order valence-electron chi connectivity index (χ1n) is 7.75. The maximum Gasteiger partial charge on any atom is 0.0991 e. The van der Waals surface area contributed by atoms with E-state index >= 15 is 0 Å². The Morgan fingerprint density at radius 1 is 1.33 bits per heavy atom. The van der Waals surface area contributed by atoms with Crippen LogP contribution in [0.1, 0.15) is 36.3 Å². The molecule has 1 aromatic heterocycles. The van der Waals surface area contributed by atoms with Gasteiger partial charge in [0.15, 0.2) is 0 Å². The third-order valence-corrected chi connectivity index (χ3v) is 4.55. The van der Waals surface area contributed by atoms with Crippen LogP contribution in [0.4, 0.5) is 0 Å². The predicted octanol–water partition coefficient (Wildman–Crippen LogP) is 2.57. The number of piperidine rings is 1. The average molecular weight is 282 g/mol. The third kappa shape index (κ3) is 2.94. The molecule has 0 unspecified atom stereocenters. The van der Waals surface area contributed by atoms with Gasteiger partial charge in [-0.15, -0.1) is 0 Å². The molecule has 0 saturated carbocycles. The van der Waals surface area contributed by atoms with E-state index in [2.05, 4.69) is 22.1 Å². The Kier molecular flexibility index (Phi) is 4.23. The number of aromatic amines is 1. The second-order valence-electron chi connectivity index (χ2n) is 5.87. The second-order valence-corrected chi connectivity index (χ2v) is 5.87. The molecule has 1 aliphatic rings. The molecule has 2 aromatic rings. The van der Waals surface area contributed by atoms with E-state index in [0.717, 1.165) is 43.7 Å². The van der Waals surface area contributed by atoms with Gasteiger partial charge < -0.3 is 15.6 Å². The molecule has 0 atom stereocenters. The summed E-state index contributed by atoms with van der Waals surface area (Å²) in [6.45, 7) is 4.19. The molecular weight excluding hydrogens is 260 g/mol. The first-order valence-corrected chi connectivity index (χ1v) is 7.75. The van der Waals surface area contributed by atoms with Crippen molar-refractivity contribution in [1.82, 2.24) is 9.88 Å². The van der Waals surface area contributed by atoms with Crippen molar-refractivity contribution in [2.24, 2.45) is 5.73 Å². The van der Waals surface area contributed by atoms with Crippen LogP contribution in [0.2, 0.25) is 0 Å². The fraction of sp³-hybridized carbons (Fsp3) is 0.471. The van der Waals surface area contributed by atoms with Gasteiger partial charge in [-0.05, 0) is 75.1 Å². The fourth-order valence-electron chi connectivity index (χ4n) is 3.33. The number of hydrogen-bond donors (Lipinski definition) is 2. The SMILES string of the molecule is N#Cc1ccc2[nH]cc(C3CCN(CCCN)CC3)c2c1. The van der Waals surface area contributed by atoms with Gasteiger partial charge in [0, 0.05) is 17.1 Å². The first-order chi connectivity index (χ1) is 10.3. The van der Waals surface area contributed by atoms with Gasteiger partial charge in [-0.3, -0.25) is 0 Å². The van der Waals surface area contributed by atoms with E-state index in [1.165, 1.54) is 23.8 Å². The van der Waals surface area contributed by atoms with Crippen molar-refractivity contribution in [3.8, 4) is 6.07 Å². The first kappa shape index (κ1) is 14.1. The number of aromatic nitrogens is 1. The molecule has 3 N–H and O–H groups in total. The number of fused-ring (bicyclic) bond motifs is 1. The van der Waals surface area contributed by atoms with Crippen LogP contribution in [0.25, 0.3) is 10.9 Å². The van der Waals surface area contributed by atoms with E-state index < -0.39 is 0 Å². The van der Waals surface area contributed by atoms with Crippen LogP contribution in [-0.4, -0.2) is 36.1 Å². The predicted molar refractivity (Wildman–Crippen MR) is 85.1 cm³/mol. The summed E-state index contributed by atoms with van der Waals surface area (Å²) >= 11 is 0. The Morgan fingerprint density at radius 3 is 2.86 bits per heavy atom. The van der Waals surface area contributed by atoms with Crippen LogP contribution in [0.5, 0.6) is 0 Å². The number of nitrogens with one attached hydrogen (secondary N) is 1. The summed E-state index contributed by atoms with van der Waals surface area (Å²) in [6, 6.07) is 8.13. The van der Waals surface area contributed by atoms with Crippen LogP contribution >= 0.6 is 0 Å². The summed E-state index contributed by atoms with van der Waals surface area (Å²) in [6.07, 6.45) is 5.60. The minimum atomic E-state index is 0.599. The van der Waals surface area contributed by atoms with Gasteiger partial charge in [0.05, 0.1) is 11.6 Å². The third-order valence-electron chi connectivity index (χ3n) is 4.55. The van der Waals surface area contributed by atoms with E-state index in [9.17, 15) is 0 Å². The molecule has 1 aromatic carbocycles. The van der Waals surface area contributed by atoms with Crippen LogP contribution in [0, 0.1) is 11.3 Å². The normalized spacial score (nSPS) is 17.1. The highest BCUT2D eigenvalue weighted by molar-refractivity contribution is 5.85. The van der Waals surface area contributed by atoms with Gasteiger partial charge in [0.25, 0.3) is 0 Å². The Balaban J connectivity index is 1.75. The van der Waals surface area contributed by atoms with Crippen LogP contribution in [0.3, 0.4) is 0 Å². The summed E-state index contributed by atoms with van der Waals surface area (Å²) in [4.78, 5) is 5.86. The van der Waals surface area contributed by atoms with E-state index in [4.69, 9.17) is 11.0 Å². The highest BCUT2D eigenvalue weighted by Gasteiger charge is 2.22. The standard InChI is InChI=1S/C17H22N4/c18-6-1-7-21-8-4-14(5-9-21)16-12-20-17-3-2-13(11-19)10-15(16)17/h2-3,10,12,14,20H,1,4-9,18H2. The van der Waals surface area contributed by atoms with E-state index in [1.54, 1.807) is 0 Å². The van der Waals surface area contributed by atoms with Crippen LogP contribution < -0.4 is 5.73 Å². The minimum Gasteiger partial charge on any atom is -0.361 e. The zero-order valence-electron chi connectivity index (χ0n) is 12.3. The lowest BCUT2D eigenvalue weighted by molar-refractivity contribution is 0.212. The number of nitrogens with two attached hydrogens (primary N) is 1. The fourth-order valence-corrected chi connectivity index (χ4v) is 3.33. The van der Waals surface area contributed by atoms with Crippen molar-refractivity contribution in [3.05, 3.63) is 35.5 Å². The maximum absolute atomic E-state index is 9.08. The second kappa shape index (κ2) is 6.30. The van der Waals surface area contributed by atoms with Crippen molar-refractivity contribution in [1.29, 1.82) is 5.26 Å². The Labute approximate surface area is 125 Å². The smallest absolute Gasteiger partial charge is 0.0991 e. The molecule has 0 bridgehead atoms. The lowest BCUT2D eigenvalue weighted by atomic mass is 9.89. The van der Waals surface area contributed by atoms with Crippen LogP contribution in [0.15, 0.2) is 24.4 Å². The number of likely N-dealkylation sites (tertiary alicyclic amines) is 1. The molecule has 1 fully saturated rings. The largest absolute Gasteiger partial charge is 0.361 e. The molecule has 0 amide bonds. The van der Waals surface area contributed by atoms with Crippen molar-refractivity contribution < 1.29 is 0 Å². The van der Waals surface area contributed by atoms with E-state index in [1.807, 2.05) is 18.2 Å². The summed E-state index contributed by atoms with van der Waals surface area (Å²) < 4.78 is 0. The van der Waals surface area contributed by atoms with Gasteiger partial charge in [-0.1, -0.05) is 0 Å². The van der Waals surface area contributed by atoms with Gasteiger partial charge in [-0.2, -0.15) is 5.26 Å². The molecule has 0 spiro atoms. The van der Waals surface area contributed by atoms with Gasteiger partial charge in [0.1, 0.15) is 0 Å². The number of hydrogen-bond acceptors (Lipinski definition) is 3. The Bertz CT molecular complexity index is 644. The quantitative estimate of drug-likeness (QED) is 0.905. The number of nitriles is 1. The number of benzene rings is 1. The number of rotatable bonds is 4. The topological polar surface area (TPSA) is 68.8 Å². The van der Waals surface area contributed by atoms with Crippen molar-refractivity contribution >= 4 is 10.9 Å².